The quantitative estimate of drug-likeness (QED) is 0.475. The molecule has 0 bridgehead atoms. The Morgan fingerprint density at radius 1 is 1.15 bits per heavy atom. The molecule has 0 spiro atoms. The van der Waals surface area contributed by atoms with Crippen molar-refractivity contribution in [3.05, 3.63) is 63.1 Å². The van der Waals surface area contributed by atoms with Gasteiger partial charge in [-0.2, -0.15) is 0 Å². The number of hydrogen-bond acceptors (Lipinski definition) is 4. The first-order valence-corrected chi connectivity index (χ1v) is 13.5. The number of carbonyl (C=O) groups is 2. The van der Waals surface area contributed by atoms with E-state index in [9.17, 15) is 18.0 Å². The van der Waals surface area contributed by atoms with Gasteiger partial charge in [0.25, 0.3) is 0 Å². The molecule has 2 rings (SSSR count). The van der Waals surface area contributed by atoms with Crippen molar-refractivity contribution in [2.24, 2.45) is 0 Å². The highest BCUT2D eigenvalue weighted by Gasteiger charge is 2.26. The minimum absolute atomic E-state index is 0.0868. The lowest BCUT2D eigenvalue weighted by Crippen LogP contribution is -2.46. The van der Waals surface area contributed by atoms with Crippen molar-refractivity contribution >= 4 is 55.1 Å². The third-order valence-electron chi connectivity index (χ3n) is 5.34. The standard InChI is InChI=1S/C23H29BrClN3O4S/c1-16-20(25)7-5-8-21(16)28(33(4,31)32)14-6-9-22(29)27(17(2)23(30)26-3)15-18-10-12-19(24)13-11-18/h5,7-8,10-13,17H,6,9,14-15H2,1-4H3,(H,26,30)/t17-/m0/s1. The second-order valence-corrected chi connectivity index (χ2v) is 11.0. The van der Waals surface area contributed by atoms with Crippen molar-refractivity contribution in [1.29, 1.82) is 0 Å². The molecule has 0 radical (unpaired) electrons. The van der Waals surface area contributed by atoms with Crippen LogP contribution in [0.25, 0.3) is 0 Å². The Morgan fingerprint density at radius 3 is 2.36 bits per heavy atom. The van der Waals surface area contributed by atoms with Crippen molar-refractivity contribution in [2.45, 2.75) is 39.3 Å². The molecule has 1 N–H and O–H groups in total. The number of nitrogens with zero attached hydrogens (tertiary/aromatic N) is 2. The summed E-state index contributed by atoms with van der Waals surface area (Å²) in [5.41, 5.74) is 2.03. The van der Waals surface area contributed by atoms with Crippen LogP contribution < -0.4 is 9.62 Å². The van der Waals surface area contributed by atoms with Crippen LogP contribution in [0, 0.1) is 6.92 Å². The zero-order chi connectivity index (χ0) is 24.8. The second kappa shape index (κ2) is 11.9. The topological polar surface area (TPSA) is 86.8 Å². The number of anilines is 1. The predicted octanol–water partition coefficient (Wildman–Crippen LogP) is 4.12. The van der Waals surface area contributed by atoms with Crippen LogP contribution in [0.1, 0.15) is 30.9 Å². The molecule has 0 unspecified atom stereocenters. The lowest BCUT2D eigenvalue weighted by atomic mass is 10.1. The van der Waals surface area contributed by atoms with Gasteiger partial charge in [-0.3, -0.25) is 13.9 Å². The molecule has 0 fully saturated rings. The molecular formula is C23H29BrClN3O4S. The van der Waals surface area contributed by atoms with E-state index in [0.717, 1.165) is 16.3 Å². The SMILES string of the molecule is CNC(=O)[C@H](C)N(Cc1ccc(Br)cc1)C(=O)CCCN(c1cccc(Cl)c1C)S(C)(=O)=O. The first kappa shape index (κ1) is 27.1. The van der Waals surface area contributed by atoms with Crippen molar-refractivity contribution in [3.63, 3.8) is 0 Å². The van der Waals surface area contributed by atoms with E-state index >= 15 is 0 Å². The molecule has 0 aromatic heterocycles. The molecule has 2 aromatic rings. The molecule has 0 aliphatic carbocycles. The normalized spacial score (nSPS) is 12.2. The first-order chi connectivity index (χ1) is 15.5. The molecule has 7 nitrogen and oxygen atoms in total. The van der Waals surface area contributed by atoms with E-state index < -0.39 is 16.1 Å². The molecule has 0 aliphatic heterocycles. The summed E-state index contributed by atoms with van der Waals surface area (Å²) in [7, 11) is -2.05. The van der Waals surface area contributed by atoms with Crippen molar-refractivity contribution in [1.82, 2.24) is 10.2 Å². The van der Waals surface area contributed by atoms with Crippen LogP contribution >= 0.6 is 27.5 Å². The third kappa shape index (κ3) is 7.45. The minimum Gasteiger partial charge on any atom is -0.357 e. The van der Waals surface area contributed by atoms with Crippen molar-refractivity contribution < 1.29 is 18.0 Å². The van der Waals surface area contributed by atoms with Gasteiger partial charge in [-0.15, -0.1) is 0 Å². The van der Waals surface area contributed by atoms with Gasteiger partial charge in [0.15, 0.2) is 0 Å². The van der Waals surface area contributed by atoms with E-state index in [-0.39, 0.29) is 37.7 Å². The van der Waals surface area contributed by atoms with E-state index in [1.165, 1.54) is 16.3 Å². The highest BCUT2D eigenvalue weighted by Crippen LogP contribution is 2.28. The van der Waals surface area contributed by atoms with Gasteiger partial charge in [-0.05, 0) is 55.7 Å². The maximum atomic E-state index is 13.1. The Kier molecular flexibility index (Phi) is 9.75. The summed E-state index contributed by atoms with van der Waals surface area (Å²) in [5.74, 6) is -0.502. The van der Waals surface area contributed by atoms with Crippen LogP contribution in [0.5, 0.6) is 0 Å². The fourth-order valence-electron chi connectivity index (χ4n) is 3.43. The van der Waals surface area contributed by atoms with Crippen LogP contribution in [0.15, 0.2) is 46.9 Å². The lowest BCUT2D eigenvalue weighted by molar-refractivity contribution is -0.140. The molecule has 0 aliphatic rings. The van der Waals surface area contributed by atoms with Gasteiger partial charge in [-0.1, -0.05) is 45.7 Å². The molecule has 0 saturated heterocycles. The first-order valence-electron chi connectivity index (χ1n) is 10.4. The predicted molar refractivity (Wildman–Crippen MR) is 136 cm³/mol. The Bertz CT molecular complexity index is 1090. The van der Waals surface area contributed by atoms with Crippen LogP contribution in [-0.4, -0.2) is 51.0 Å². The van der Waals surface area contributed by atoms with Gasteiger partial charge >= 0.3 is 0 Å². The zero-order valence-electron chi connectivity index (χ0n) is 19.1. The number of halogens is 2. The van der Waals surface area contributed by atoms with Crippen molar-refractivity contribution in [3.8, 4) is 0 Å². The number of hydrogen-bond donors (Lipinski definition) is 1. The zero-order valence-corrected chi connectivity index (χ0v) is 22.3. The maximum absolute atomic E-state index is 13.1. The van der Waals surface area contributed by atoms with Crippen LogP contribution in [0.2, 0.25) is 5.02 Å². The molecule has 2 amide bonds. The maximum Gasteiger partial charge on any atom is 0.242 e. The molecule has 2 aromatic carbocycles. The summed E-state index contributed by atoms with van der Waals surface area (Å²) in [4.78, 5) is 26.9. The van der Waals surface area contributed by atoms with Gasteiger partial charge < -0.3 is 10.2 Å². The Morgan fingerprint density at radius 2 is 1.79 bits per heavy atom. The fourth-order valence-corrected chi connectivity index (χ4v) is 4.88. The van der Waals surface area contributed by atoms with E-state index in [4.69, 9.17) is 11.6 Å². The molecule has 1 atom stereocenters. The van der Waals surface area contributed by atoms with Gasteiger partial charge in [0, 0.05) is 36.1 Å². The summed E-state index contributed by atoms with van der Waals surface area (Å²) >= 11 is 9.57. The molecule has 180 valence electrons. The number of amides is 2. The van der Waals surface area contributed by atoms with Crippen LogP contribution in [0.4, 0.5) is 5.69 Å². The smallest absolute Gasteiger partial charge is 0.242 e. The summed E-state index contributed by atoms with van der Waals surface area (Å²) < 4.78 is 27.1. The number of nitrogens with one attached hydrogen (secondary N) is 1. The summed E-state index contributed by atoms with van der Waals surface area (Å²) in [5, 5.41) is 3.05. The largest absolute Gasteiger partial charge is 0.357 e. The van der Waals surface area contributed by atoms with Crippen molar-refractivity contribution in [2.75, 3.05) is 24.2 Å². The van der Waals surface area contributed by atoms with E-state index in [1.54, 1.807) is 32.0 Å². The Balaban J connectivity index is 2.17. The van der Waals surface area contributed by atoms with Gasteiger partial charge in [0.1, 0.15) is 6.04 Å². The van der Waals surface area contributed by atoms with Gasteiger partial charge in [-0.25, -0.2) is 8.42 Å². The fraction of sp³-hybridized carbons (Fsp3) is 0.391. The van der Waals surface area contributed by atoms with Gasteiger partial charge in [0.05, 0.1) is 11.9 Å². The second-order valence-electron chi connectivity index (χ2n) is 7.76. The molecule has 0 heterocycles. The average molecular weight is 559 g/mol. The number of benzene rings is 2. The summed E-state index contributed by atoms with van der Waals surface area (Å²) in [6.45, 7) is 3.82. The number of carbonyl (C=O) groups excluding carboxylic acids is 2. The number of rotatable bonds is 10. The lowest BCUT2D eigenvalue weighted by Gasteiger charge is -2.29. The monoisotopic (exact) mass is 557 g/mol. The summed E-state index contributed by atoms with van der Waals surface area (Å²) in [6, 6.07) is 11.9. The Labute approximate surface area is 209 Å². The molecular weight excluding hydrogens is 530 g/mol. The van der Waals surface area contributed by atoms with E-state index in [0.29, 0.717) is 16.3 Å². The highest BCUT2D eigenvalue weighted by molar-refractivity contribution is 9.10. The Hall–Kier alpha value is -2.10. The molecule has 33 heavy (non-hydrogen) atoms. The van der Waals surface area contributed by atoms with Crippen LogP contribution in [-0.2, 0) is 26.2 Å². The van der Waals surface area contributed by atoms with E-state index in [2.05, 4.69) is 21.2 Å². The molecule has 10 heteroatoms. The third-order valence-corrected chi connectivity index (χ3v) is 7.46. The van der Waals surface area contributed by atoms with E-state index in [1.807, 2.05) is 24.3 Å². The van der Waals surface area contributed by atoms with Crippen LogP contribution in [0.3, 0.4) is 0 Å². The number of sulfonamides is 1. The number of likely N-dealkylation sites (N-methyl/N-ethyl adjacent to an activating group) is 1. The minimum atomic E-state index is -3.58. The van der Waals surface area contributed by atoms with Gasteiger partial charge in [0.2, 0.25) is 21.8 Å². The summed E-state index contributed by atoms with van der Waals surface area (Å²) in [6.07, 6.45) is 1.50. The molecule has 0 saturated carbocycles. The highest BCUT2D eigenvalue weighted by atomic mass is 79.9. The average Bonchev–Trinajstić information content (AvgIpc) is 2.76.